The number of aliphatic carboxylic acids is 1. The lowest BCUT2D eigenvalue weighted by Crippen LogP contribution is -2.43. The number of aliphatic hydroxyl groups excluding tert-OH is 1. The molecule has 0 aliphatic rings. The summed E-state index contributed by atoms with van der Waals surface area (Å²) in [4.78, 5) is 23.4. The van der Waals surface area contributed by atoms with Crippen molar-refractivity contribution >= 4 is 49.0 Å². The quantitative estimate of drug-likeness (QED) is 0.295. The number of benzene rings is 3. The van der Waals surface area contributed by atoms with Crippen molar-refractivity contribution in [3.05, 3.63) is 83.7 Å². The van der Waals surface area contributed by atoms with Gasteiger partial charge in [0.05, 0.1) is 6.61 Å². The molecule has 0 bridgehead atoms. The Balaban J connectivity index is 1.53. The van der Waals surface area contributed by atoms with Gasteiger partial charge in [0.15, 0.2) is 6.04 Å². The summed E-state index contributed by atoms with van der Waals surface area (Å²) in [5.41, 5.74) is 2.07. The molecule has 174 valence electrons. The first-order valence-electron chi connectivity index (χ1n) is 10.1. The number of hydrogen-bond acceptors (Lipinski definition) is 6. The molecule has 1 unspecified atom stereocenters. The highest BCUT2D eigenvalue weighted by Crippen LogP contribution is 2.31. The maximum Gasteiger partial charge on any atom is 0.328 e. The van der Waals surface area contributed by atoms with Gasteiger partial charge in [-0.15, -0.1) is 11.3 Å². The van der Waals surface area contributed by atoms with Gasteiger partial charge in [0.25, 0.3) is 15.9 Å². The van der Waals surface area contributed by atoms with Gasteiger partial charge in [-0.3, -0.25) is 9.52 Å². The zero-order chi connectivity index (χ0) is 24.3. The van der Waals surface area contributed by atoms with E-state index in [-0.39, 0.29) is 10.5 Å². The third kappa shape index (κ3) is 4.93. The Morgan fingerprint density at radius 1 is 0.941 bits per heavy atom. The second-order valence-electron chi connectivity index (χ2n) is 7.41. The van der Waals surface area contributed by atoms with Crippen LogP contribution >= 0.6 is 11.3 Å². The number of aliphatic hydroxyl groups is 1. The fraction of sp³-hybridized carbons (Fsp3) is 0.0833. The van der Waals surface area contributed by atoms with Crippen LogP contribution in [0.1, 0.15) is 10.4 Å². The van der Waals surface area contributed by atoms with Gasteiger partial charge >= 0.3 is 5.97 Å². The van der Waals surface area contributed by atoms with Crippen molar-refractivity contribution in [2.75, 3.05) is 11.3 Å². The minimum atomic E-state index is -3.80. The van der Waals surface area contributed by atoms with Gasteiger partial charge in [0.1, 0.15) is 4.90 Å². The van der Waals surface area contributed by atoms with Crippen molar-refractivity contribution in [3.8, 4) is 11.1 Å². The van der Waals surface area contributed by atoms with Crippen molar-refractivity contribution < 1.29 is 28.2 Å². The largest absolute Gasteiger partial charge is 0.480 e. The molecule has 10 heteroatoms. The molecule has 4 rings (SSSR count). The number of amides is 1. The standard InChI is InChI=1S/C24H20N2O6S2/c27-13-20(24(29)30)25-23(28)16-10-8-15(9-11-16)17-4-3-5-18(12-17)26-34(31,32)22-14-33-21-7-2-1-6-19(21)22/h1-12,14,20,26-27H,13H2,(H,25,28)(H,29,30). The summed E-state index contributed by atoms with van der Waals surface area (Å²) in [6, 6.07) is 19.2. The smallest absolute Gasteiger partial charge is 0.328 e. The highest BCUT2D eigenvalue weighted by atomic mass is 32.2. The molecular weight excluding hydrogens is 476 g/mol. The third-order valence-electron chi connectivity index (χ3n) is 5.12. The molecule has 1 aromatic heterocycles. The van der Waals surface area contributed by atoms with Crippen molar-refractivity contribution in [3.63, 3.8) is 0 Å². The highest BCUT2D eigenvalue weighted by Gasteiger charge is 2.20. The first-order valence-corrected chi connectivity index (χ1v) is 12.5. The number of carboxylic acids is 1. The second-order valence-corrected chi connectivity index (χ2v) is 9.97. The fourth-order valence-electron chi connectivity index (χ4n) is 3.38. The highest BCUT2D eigenvalue weighted by molar-refractivity contribution is 7.93. The molecule has 34 heavy (non-hydrogen) atoms. The van der Waals surface area contributed by atoms with Crippen LogP contribution in [0.15, 0.2) is 83.1 Å². The van der Waals surface area contributed by atoms with Crippen LogP contribution in [-0.4, -0.2) is 43.2 Å². The van der Waals surface area contributed by atoms with E-state index < -0.39 is 34.5 Å². The van der Waals surface area contributed by atoms with Crippen molar-refractivity contribution in [2.45, 2.75) is 10.9 Å². The van der Waals surface area contributed by atoms with E-state index in [1.54, 1.807) is 53.9 Å². The van der Waals surface area contributed by atoms with Crippen LogP contribution in [0.3, 0.4) is 0 Å². The van der Waals surface area contributed by atoms with Crippen LogP contribution in [0.2, 0.25) is 0 Å². The summed E-state index contributed by atoms with van der Waals surface area (Å²) < 4.78 is 29.5. The van der Waals surface area contributed by atoms with E-state index in [2.05, 4.69) is 10.0 Å². The molecule has 1 atom stereocenters. The van der Waals surface area contributed by atoms with Gasteiger partial charge in [-0.2, -0.15) is 0 Å². The Morgan fingerprint density at radius 3 is 2.38 bits per heavy atom. The SMILES string of the molecule is O=C(NC(CO)C(=O)O)c1ccc(-c2cccc(NS(=O)(=O)c3csc4ccccc34)c2)cc1. The molecule has 0 fully saturated rings. The van der Waals surface area contributed by atoms with Crippen LogP contribution < -0.4 is 10.0 Å². The molecule has 4 N–H and O–H groups in total. The van der Waals surface area contributed by atoms with E-state index in [0.717, 1.165) is 15.8 Å². The molecular formula is C24H20N2O6S2. The van der Waals surface area contributed by atoms with E-state index in [0.29, 0.717) is 11.1 Å². The molecule has 0 saturated carbocycles. The minimum absolute atomic E-state index is 0.219. The Hall–Kier alpha value is -3.73. The normalized spacial score (nSPS) is 12.3. The maximum atomic E-state index is 13.0. The summed E-state index contributed by atoms with van der Waals surface area (Å²) in [5, 5.41) is 22.5. The fourth-order valence-corrected chi connectivity index (χ4v) is 5.93. The molecule has 1 amide bonds. The Bertz CT molecular complexity index is 1460. The summed E-state index contributed by atoms with van der Waals surface area (Å²) >= 11 is 1.36. The Labute approximate surface area is 199 Å². The molecule has 0 radical (unpaired) electrons. The van der Waals surface area contributed by atoms with Crippen LogP contribution in [0.25, 0.3) is 21.2 Å². The number of nitrogens with one attached hydrogen (secondary N) is 2. The maximum absolute atomic E-state index is 13.0. The zero-order valence-corrected chi connectivity index (χ0v) is 19.3. The van der Waals surface area contributed by atoms with Gasteiger partial charge < -0.3 is 15.5 Å². The first kappa shape index (κ1) is 23.4. The van der Waals surface area contributed by atoms with Crippen LogP contribution in [0.5, 0.6) is 0 Å². The Kier molecular flexibility index (Phi) is 6.64. The number of carboxylic acid groups (broad SMARTS) is 1. The van der Waals surface area contributed by atoms with Gasteiger partial charge in [-0.1, -0.05) is 42.5 Å². The predicted octanol–water partition coefficient (Wildman–Crippen LogP) is 3.54. The van der Waals surface area contributed by atoms with Crippen LogP contribution in [-0.2, 0) is 14.8 Å². The molecule has 0 aliphatic heterocycles. The molecule has 8 nitrogen and oxygen atoms in total. The summed E-state index contributed by atoms with van der Waals surface area (Å²) in [6.07, 6.45) is 0. The van der Waals surface area contributed by atoms with Crippen molar-refractivity contribution in [1.29, 1.82) is 0 Å². The number of carbonyl (C=O) groups excluding carboxylic acids is 1. The molecule has 0 saturated heterocycles. The van der Waals surface area contributed by atoms with Gasteiger partial charge in [-0.25, -0.2) is 13.2 Å². The summed E-state index contributed by atoms with van der Waals surface area (Å²) in [6.45, 7) is -0.719. The van der Waals surface area contributed by atoms with Gasteiger partial charge in [0, 0.05) is 26.7 Å². The number of hydrogen-bond donors (Lipinski definition) is 4. The minimum Gasteiger partial charge on any atom is -0.480 e. The van der Waals surface area contributed by atoms with Crippen molar-refractivity contribution in [1.82, 2.24) is 5.32 Å². The average molecular weight is 497 g/mol. The van der Waals surface area contributed by atoms with E-state index in [4.69, 9.17) is 10.2 Å². The first-order chi connectivity index (χ1) is 16.3. The Morgan fingerprint density at radius 2 is 1.68 bits per heavy atom. The van der Waals surface area contributed by atoms with Gasteiger partial charge in [0.2, 0.25) is 0 Å². The van der Waals surface area contributed by atoms with Crippen LogP contribution in [0, 0.1) is 0 Å². The second kappa shape index (κ2) is 9.64. The van der Waals surface area contributed by atoms with Crippen molar-refractivity contribution in [2.24, 2.45) is 0 Å². The predicted molar refractivity (Wildman–Crippen MR) is 130 cm³/mol. The van der Waals surface area contributed by atoms with E-state index in [9.17, 15) is 18.0 Å². The molecule has 0 spiro atoms. The number of carbonyl (C=O) groups is 2. The number of fused-ring (bicyclic) bond motifs is 1. The molecule has 3 aromatic carbocycles. The lowest BCUT2D eigenvalue weighted by atomic mass is 10.0. The molecule has 1 heterocycles. The topological polar surface area (TPSA) is 133 Å². The monoisotopic (exact) mass is 496 g/mol. The lowest BCUT2D eigenvalue weighted by Gasteiger charge is -2.12. The van der Waals surface area contributed by atoms with E-state index >= 15 is 0 Å². The lowest BCUT2D eigenvalue weighted by molar-refractivity contribution is -0.140. The molecule has 4 aromatic rings. The number of rotatable bonds is 8. The number of thiophene rings is 1. The number of anilines is 1. The zero-order valence-electron chi connectivity index (χ0n) is 17.6. The van der Waals surface area contributed by atoms with Crippen LogP contribution in [0.4, 0.5) is 5.69 Å². The summed E-state index contributed by atoms with van der Waals surface area (Å²) in [7, 11) is -3.80. The molecule has 0 aliphatic carbocycles. The van der Waals surface area contributed by atoms with E-state index in [1.807, 2.05) is 12.1 Å². The number of sulfonamides is 1. The summed E-state index contributed by atoms with van der Waals surface area (Å²) in [5.74, 6) is -1.96. The van der Waals surface area contributed by atoms with E-state index in [1.165, 1.54) is 23.5 Å². The third-order valence-corrected chi connectivity index (χ3v) is 7.65. The average Bonchev–Trinajstić information content (AvgIpc) is 3.27. The van der Waals surface area contributed by atoms with Gasteiger partial charge in [-0.05, 0) is 41.5 Å².